The Morgan fingerprint density at radius 1 is 0.707 bits per heavy atom. The molecule has 0 aliphatic heterocycles. The molecule has 0 saturated heterocycles. The van der Waals surface area contributed by atoms with E-state index in [1.165, 1.54) is 12.1 Å². The molecule has 0 bridgehead atoms. The zero-order chi connectivity index (χ0) is 29.1. The zero-order valence-corrected chi connectivity index (χ0v) is 23.8. The van der Waals surface area contributed by atoms with E-state index in [1.807, 2.05) is 37.3 Å². The van der Waals surface area contributed by atoms with E-state index in [1.54, 1.807) is 60.7 Å². The maximum atomic E-state index is 12.7. The minimum atomic E-state index is -3.80. The normalized spacial score (nSPS) is 10.8. The molecule has 0 atom stereocenters. The van der Waals surface area contributed by atoms with Crippen LogP contribution in [-0.4, -0.2) is 39.3 Å². The number of hydrogen-bond acceptors (Lipinski definition) is 7. The van der Waals surface area contributed by atoms with Gasteiger partial charge in [0.1, 0.15) is 30.5 Å². The number of nitrogens with one attached hydrogen (secondary N) is 3. The number of anilines is 2. The molecule has 4 aromatic carbocycles. The number of hydrogen-bond donors (Lipinski definition) is 3. The van der Waals surface area contributed by atoms with E-state index >= 15 is 0 Å². The van der Waals surface area contributed by atoms with Crippen molar-refractivity contribution in [2.75, 3.05) is 29.9 Å². The summed E-state index contributed by atoms with van der Waals surface area (Å²) in [5, 5.41) is 5.55. The number of carbonyl (C=O) groups is 1. The van der Waals surface area contributed by atoms with Crippen molar-refractivity contribution in [1.82, 2.24) is 5.32 Å². The highest BCUT2D eigenvalue weighted by atomic mass is 32.2. The number of amides is 1. The first-order valence-electron chi connectivity index (χ1n) is 12.7. The molecule has 0 aliphatic carbocycles. The molecule has 0 spiro atoms. The van der Waals surface area contributed by atoms with Crippen molar-refractivity contribution in [2.45, 2.75) is 11.8 Å². The van der Waals surface area contributed by atoms with Gasteiger partial charge in [-0.1, -0.05) is 18.2 Å². The Kier molecular flexibility index (Phi) is 10.1. The van der Waals surface area contributed by atoms with E-state index in [2.05, 4.69) is 15.4 Å². The van der Waals surface area contributed by atoms with Gasteiger partial charge < -0.3 is 19.5 Å². The van der Waals surface area contributed by atoms with Crippen LogP contribution >= 0.6 is 12.2 Å². The third-order valence-corrected chi connectivity index (χ3v) is 7.15. The van der Waals surface area contributed by atoms with Crippen molar-refractivity contribution in [1.29, 1.82) is 0 Å². The zero-order valence-electron chi connectivity index (χ0n) is 22.2. The van der Waals surface area contributed by atoms with Gasteiger partial charge in [-0.05, 0) is 104 Å². The standard InChI is InChI=1S/C30H29N3O6S2/c1-2-37-26-16-10-24(11-17-26)33-41(35,36)28-18-12-23(13-19-28)31-30(40)32-29(34)22-8-14-27(15-9-22)39-21-20-38-25-6-4-3-5-7-25/h3-19,33H,2,20-21H2,1H3,(H2,31,32,34,40). The van der Waals surface area contributed by atoms with Crippen molar-refractivity contribution in [3.63, 3.8) is 0 Å². The van der Waals surface area contributed by atoms with Gasteiger partial charge in [-0.2, -0.15) is 0 Å². The van der Waals surface area contributed by atoms with Gasteiger partial charge in [0.05, 0.1) is 11.5 Å². The van der Waals surface area contributed by atoms with Crippen molar-refractivity contribution in [3.05, 3.63) is 109 Å². The molecule has 0 aromatic heterocycles. The minimum absolute atomic E-state index is 0.0662. The first kappa shape index (κ1) is 29.4. The molecule has 4 rings (SSSR count). The number of rotatable bonds is 12. The Balaban J connectivity index is 1.23. The van der Waals surface area contributed by atoms with Crippen LogP contribution in [0.15, 0.2) is 108 Å². The average Bonchev–Trinajstić information content (AvgIpc) is 2.97. The molecule has 41 heavy (non-hydrogen) atoms. The highest BCUT2D eigenvalue weighted by Crippen LogP contribution is 2.21. The number of thiocarbonyl (C=S) groups is 1. The summed E-state index contributed by atoms with van der Waals surface area (Å²) in [6, 6.07) is 28.7. The number of carbonyl (C=O) groups excluding carboxylic acids is 1. The van der Waals surface area contributed by atoms with Gasteiger partial charge in [-0.15, -0.1) is 0 Å². The number of sulfonamides is 1. The molecule has 11 heteroatoms. The molecule has 9 nitrogen and oxygen atoms in total. The molecule has 4 aromatic rings. The topological polar surface area (TPSA) is 115 Å². The summed E-state index contributed by atoms with van der Waals surface area (Å²) in [7, 11) is -3.80. The molecule has 1 amide bonds. The smallest absolute Gasteiger partial charge is 0.261 e. The molecule has 0 heterocycles. The predicted molar refractivity (Wildman–Crippen MR) is 162 cm³/mol. The van der Waals surface area contributed by atoms with Crippen LogP contribution in [-0.2, 0) is 10.0 Å². The first-order chi connectivity index (χ1) is 19.8. The van der Waals surface area contributed by atoms with Gasteiger partial charge in [0, 0.05) is 16.9 Å². The van der Waals surface area contributed by atoms with Crippen LogP contribution in [0, 0.1) is 0 Å². The van der Waals surface area contributed by atoms with E-state index in [4.69, 9.17) is 26.4 Å². The summed E-state index contributed by atoms with van der Waals surface area (Å²) in [5.74, 6) is 1.62. The second-order valence-corrected chi connectivity index (χ2v) is 10.6. The van der Waals surface area contributed by atoms with Crippen LogP contribution in [0.2, 0.25) is 0 Å². The Hall–Kier alpha value is -4.61. The largest absolute Gasteiger partial charge is 0.494 e. The monoisotopic (exact) mass is 591 g/mol. The van der Waals surface area contributed by atoms with Gasteiger partial charge in [-0.3, -0.25) is 14.8 Å². The summed E-state index contributed by atoms with van der Waals surface area (Å²) in [4.78, 5) is 12.7. The van der Waals surface area contributed by atoms with Gasteiger partial charge in [0.2, 0.25) is 0 Å². The molecule has 0 radical (unpaired) electrons. The lowest BCUT2D eigenvalue weighted by Crippen LogP contribution is -2.34. The molecule has 3 N–H and O–H groups in total. The van der Waals surface area contributed by atoms with E-state index in [0.717, 1.165) is 5.75 Å². The van der Waals surface area contributed by atoms with Crippen molar-refractivity contribution < 1.29 is 27.4 Å². The quantitative estimate of drug-likeness (QED) is 0.147. The van der Waals surface area contributed by atoms with Gasteiger partial charge >= 0.3 is 0 Å². The van der Waals surface area contributed by atoms with E-state index in [9.17, 15) is 13.2 Å². The van der Waals surface area contributed by atoms with Crippen LogP contribution in [0.25, 0.3) is 0 Å². The third kappa shape index (κ3) is 8.95. The Bertz CT molecular complexity index is 1550. The second-order valence-electron chi connectivity index (χ2n) is 8.53. The lowest BCUT2D eigenvalue weighted by molar-refractivity contribution is 0.0977. The minimum Gasteiger partial charge on any atom is -0.494 e. The lowest BCUT2D eigenvalue weighted by atomic mass is 10.2. The molecular formula is C30H29N3O6S2. The fourth-order valence-corrected chi connectivity index (χ4v) is 4.86. The second kappa shape index (κ2) is 14.1. The third-order valence-electron chi connectivity index (χ3n) is 5.55. The van der Waals surface area contributed by atoms with Crippen LogP contribution in [0.5, 0.6) is 17.2 Å². The molecule has 0 saturated carbocycles. The van der Waals surface area contributed by atoms with Gasteiger partial charge in [-0.25, -0.2) is 8.42 Å². The maximum Gasteiger partial charge on any atom is 0.261 e. The van der Waals surface area contributed by atoms with Crippen LogP contribution in [0.4, 0.5) is 11.4 Å². The Labute approximate surface area is 244 Å². The van der Waals surface area contributed by atoms with Crippen LogP contribution < -0.4 is 29.6 Å². The summed E-state index contributed by atoms with van der Waals surface area (Å²) in [6.45, 7) is 3.13. The number of benzene rings is 4. The summed E-state index contributed by atoms with van der Waals surface area (Å²) < 4.78 is 44.6. The molecular weight excluding hydrogens is 562 g/mol. The molecule has 0 unspecified atom stereocenters. The fourth-order valence-electron chi connectivity index (χ4n) is 3.59. The highest BCUT2D eigenvalue weighted by molar-refractivity contribution is 7.92. The SMILES string of the molecule is CCOc1ccc(NS(=O)(=O)c2ccc(NC(=S)NC(=O)c3ccc(OCCOc4ccccc4)cc3)cc2)cc1. The summed E-state index contributed by atoms with van der Waals surface area (Å²) in [6.07, 6.45) is 0. The van der Waals surface area contributed by atoms with Gasteiger partial charge in [0.15, 0.2) is 5.11 Å². The van der Waals surface area contributed by atoms with Crippen molar-refractivity contribution >= 4 is 44.6 Å². The Morgan fingerprint density at radius 2 is 1.24 bits per heavy atom. The first-order valence-corrected chi connectivity index (χ1v) is 14.6. The fraction of sp³-hybridized carbons (Fsp3) is 0.133. The van der Waals surface area contributed by atoms with Crippen LogP contribution in [0.1, 0.15) is 17.3 Å². The maximum absolute atomic E-state index is 12.7. The lowest BCUT2D eigenvalue weighted by Gasteiger charge is -2.12. The van der Waals surface area contributed by atoms with E-state index in [-0.39, 0.29) is 10.0 Å². The molecule has 0 aliphatic rings. The summed E-state index contributed by atoms with van der Waals surface area (Å²) in [5.41, 5.74) is 1.32. The Morgan fingerprint density at radius 3 is 1.85 bits per heavy atom. The van der Waals surface area contributed by atoms with Crippen molar-refractivity contribution in [2.24, 2.45) is 0 Å². The highest BCUT2D eigenvalue weighted by Gasteiger charge is 2.15. The molecule has 0 fully saturated rings. The predicted octanol–water partition coefficient (Wildman–Crippen LogP) is 5.47. The average molecular weight is 592 g/mol. The summed E-state index contributed by atoms with van der Waals surface area (Å²) >= 11 is 5.25. The number of para-hydroxylation sites is 1. The van der Waals surface area contributed by atoms with E-state index < -0.39 is 15.9 Å². The van der Waals surface area contributed by atoms with Crippen LogP contribution in [0.3, 0.4) is 0 Å². The number of ether oxygens (including phenoxy) is 3. The van der Waals surface area contributed by atoms with E-state index in [0.29, 0.717) is 48.3 Å². The van der Waals surface area contributed by atoms with Gasteiger partial charge in [0.25, 0.3) is 15.9 Å². The van der Waals surface area contributed by atoms with Crippen molar-refractivity contribution in [3.8, 4) is 17.2 Å². The molecule has 212 valence electrons.